The van der Waals surface area contributed by atoms with Crippen molar-refractivity contribution in [3.8, 4) is 11.5 Å². The van der Waals surface area contributed by atoms with Crippen molar-refractivity contribution in [1.29, 1.82) is 0 Å². The van der Waals surface area contributed by atoms with Crippen molar-refractivity contribution in [1.82, 2.24) is 0 Å². The van der Waals surface area contributed by atoms with Gasteiger partial charge in [-0.05, 0) is 24.3 Å². The van der Waals surface area contributed by atoms with E-state index in [1.807, 2.05) is 60.7 Å². The lowest BCUT2D eigenvalue weighted by molar-refractivity contribution is -0.181. The van der Waals surface area contributed by atoms with Crippen LogP contribution in [0.5, 0.6) is 11.5 Å². The van der Waals surface area contributed by atoms with Crippen LogP contribution in [0.2, 0.25) is 0 Å². The minimum atomic E-state index is -0.314. The Kier molecular flexibility index (Phi) is 3.88. The molecule has 1 heterocycles. The van der Waals surface area contributed by atoms with Gasteiger partial charge in [-0.25, -0.2) is 0 Å². The summed E-state index contributed by atoms with van der Waals surface area (Å²) in [5.41, 5.74) is -0.314. The van der Waals surface area contributed by atoms with Crippen LogP contribution in [0, 0.1) is 0 Å². The second-order valence-electron chi connectivity index (χ2n) is 4.98. The molecule has 0 N–H and O–H groups in total. The molecule has 0 amide bonds. The molecule has 1 fully saturated rings. The van der Waals surface area contributed by atoms with E-state index in [1.165, 1.54) is 0 Å². The first-order valence-electron chi connectivity index (χ1n) is 6.86. The average Bonchev–Trinajstić information content (AvgIpc) is 2.48. The smallest absolute Gasteiger partial charge is 0.138 e. The topological polar surface area (TPSA) is 27.7 Å². The van der Waals surface area contributed by atoms with Crippen LogP contribution in [0.15, 0.2) is 60.7 Å². The van der Waals surface area contributed by atoms with Crippen LogP contribution >= 0.6 is 0 Å². The van der Waals surface area contributed by atoms with Crippen molar-refractivity contribution in [2.45, 2.75) is 12.0 Å². The van der Waals surface area contributed by atoms with Gasteiger partial charge in [-0.2, -0.15) is 0 Å². The Morgan fingerprint density at radius 2 is 1.25 bits per heavy atom. The first kappa shape index (κ1) is 13.0. The molecular weight excluding hydrogens is 252 g/mol. The first-order chi connectivity index (χ1) is 9.86. The van der Waals surface area contributed by atoms with E-state index < -0.39 is 0 Å². The third kappa shape index (κ3) is 3.11. The second-order valence-corrected chi connectivity index (χ2v) is 4.98. The summed E-state index contributed by atoms with van der Waals surface area (Å²) in [6.45, 7) is 1.81. The van der Waals surface area contributed by atoms with E-state index in [0.717, 1.165) is 24.5 Å². The standard InChI is InChI=1S/C17H18O3/c1-3-7-15(8-4-1)18-13-17(11-12-20-17)14-19-16-9-5-2-6-10-16/h1-10H,11-14H2. The monoisotopic (exact) mass is 270 g/mol. The zero-order valence-electron chi connectivity index (χ0n) is 11.3. The highest BCUT2D eigenvalue weighted by Crippen LogP contribution is 2.28. The van der Waals surface area contributed by atoms with Crippen LogP contribution in [0.3, 0.4) is 0 Å². The van der Waals surface area contributed by atoms with Gasteiger partial charge in [0.15, 0.2) is 0 Å². The molecule has 3 heteroatoms. The summed E-state index contributed by atoms with van der Waals surface area (Å²) in [6.07, 6.45) is 0.965. The van der Waals surface area contributed by atoms with E-state index in [-0.39, 0.29) is 5.60 Å². The second kappa shape index (κ2) is 5.97. The Hall–Kier alpha value is -2.00. The van der Waals surface area contributed by atoms with E-state index in [9.17, 15) is 0 Å². The van der Waals surface area contributed by atoms with Crippen LogP contribution in [-0.4, -0.2) is 25.4 Å². The highest BCUT2D eigenvalue weighted by molar-refractivity contribution is 5.22. The highest BCUT2D eigenvalue weighted by Gasteiger charge is 2.40. The maximum absolute atomic E-state index is 5.80. The molecule has 0 radical (unpaired) electrons. The molecule has 3 rings (SSSR count). The van der Waals surface area contributed by atoms with Crippen molar-refractivity contribution >= 4 is 0 Å². The highest BCUT2D eigenvalue weighted by atomic mass is 16.6. The van der Waals surface area contributed by atoms with Crippen molar-refractivity contribution < 1.29 is 14.2 Å². The molecule has 1 saturated heterocycles. The molecule has 0 aromatic heterocycles. The lowest BCUT2D eigenvalue weighted by Gasteiger charge is -2.40. The van der Waals surface area contributed by atoms with Crippen molar-refractivity contribution in [3.05, 3.63) is 60.7 Å². The summed E-state index contributed by atoms with van der Waals surface area (Å²) in [7, 11) is 0. The molecule has 2 aromatic carbocycles. The fraction of sp³-hybridized carbons (Fsp3) is 0.294. The Bertz CT molecular complexity index is 475. The Morgan fingerprint density at radius 1 is 0.800 bits per heavy atom. The van der Waals surface area contributed by atoms with Gasteiger partial charge in [-0.3, -0.25) is 0 Å². The van der Waals surface area contributed by atoms with Crippen LogP contribution in [0.1, 0.15) is 6.42 Å². The number of para-hydroxylation sites is 2. The molecule has 0 atom stereocenters. The summed E-state index contributed by atoms with van der Waals surface area (Å²) < 4.78 is 17.3. The lowest BCUT2D eigenvalue weighted by Crippen LogP contribution is -2.53. The van der Waals surface area contributed by atoms with Crippen molar-refractivity contribution in [2.75, 3.05) is 19.8 Å². The normalized spacial score (nSPS) is 16.2. The molecule has 2 aromatic rings. The van der Waals surface area contributed by atoms with Crippen molar-refractivity contribution in [3.63, 3.8) is 0 Å². The van der Waals surface area contributed by atoms with Gasteiger partial charge >= 0.3 is 0 Å². The zero-order chi connectivity index (χ0) is 13.7. The summed E-state index contributed by atoms with van der Waals surface area (Å²) in [4.78, 5) is 0. The summed E-state index contributed by atoms with van der Waals surface area (Å²) in [6, 6.07) is 19.6. The van der Waals surface area contributed by atoms with E-state index >= 15 is 0 Å². The quantitative estimate of drug-likeness (QED) is 0.806. The molecule has 3 nitrogen and oxygen atoms in total. The number of ether oxygens (including phenoxy) is 3. The molecule has 20 heavy (non-hydrogen) atoms. The Balaban J connectivity index is 1.55. The minimum absolute atomic E-state index is 0.314. The van der Waals surface area contributed by atoms with E-state index in [0.29, 0.717) is 13.2 Å². The van der Waals surface area contributed by atoms with Gasteiger partial charge in [0.25, 0.3) is 0 Å². The molecule has 0 aliphatic carbocycles. The average molecular weight is 270 g/mol. The van der Waals surface area contributed by atoms with Crippen LogP contribution < -0.4 is 9.47 Å². The summed E-state index contributed by atoms with van der Waals surface area (Å²) in [5.74, 6) is 1.73. The van der Waals surface area contributed by atoms with Gasteiger partial charge in [-0.1, -0.05) is 36.4 Å². The number of hydrogen-bond donors (Lipinski definition) is 0. The third-order valence-electron chi connectivity index (χ3n) is 3.46. The maximum atomic E-state index is 5.80. The van der Waals surface area contributed by atoms with Crippen LogP contribution in [0.4, 0.5) is 0 Å². The number of hydrogen-bond acceptors (Lipinski definition) is 3. The summed E-state index contributed by atoms with van der Waals surface area (Å²) in [5, 5.41) is 0. The van der Waals surface area contributed by atoms with Gasteiger partial charge in [0.05, 0.1) is 6.61 Å². The number of rotatable bonds is 6. The maximum Gasteiger partial charge on any atom is 0.138 e. The predicted molar refractivity (Wildman–Crippen MR) is 77.2 cm³/mol. The van der Waals surface area contributed by atoms with Crippen molar-refractivity contribution in [2.24, 2.45) is 0 Å². The molecule has 104 valence electrons. The molecule has 1 aliphatic rings. The van der Waals surface area contributed by atoms with Gasteiger partial charge in [0.2, 0.25) is 0 Å². The molecular formula is C17H18O3. The van der Waals surface area contributed by atoms with Crippen LogP contribution in [-0.2, 0) is 4.74 Å². The Morgan fingerprint density at radius 3 is 1.60 bits per heavy atom. The van der Waals surface area contributed by atoms with Gasteiger partial charge in [-0.15, -0.1) is 0 Å². The van der Waals surface area contributed by atoms with E-state index in [1.54, 1.807) is 0 Å². The fourth-order valence-corrected chi connectivity index (χ4v) is 2.12. The third-order valence-corrected chi connectivity index (χ3v) is 3.46. The fourth-order valence-electron chi connectivity index (χ4n) is 2.12. The van der Waals surface area contributed by atoms with E-state index in [4.69, 9.17) is 14.2 Å². The van der Waals surface area contributed by atoms with Gasteiger partial charge in [0, 0.05) is 6.42 Å². The molecule has 1 aliphatic heterocycles. The molecule has 0 unspecified atom stereocenters. The van der Waals surface area contributed by atoms with Crippen LogP contribution in [0.25, 0.3) is 0 Å². The minimum Gasteiger partial charge on any atom is -0.490 e. The van der Waals surface area contributed by atoms with Gasteiger partial charge in [0.1, 0.15) is 30.3 Å². The van der Waals surface area contributed by atoms with Gasteiger partial charge < -0.3 is 14.2 Å². The SMILES string of the molecule is c1ccc(OCC2(COc3ccccc3)CCO2)cc1. The Labute approximate surface area is 119 Å². The predicted octanol–water partition coefficient (Wildman–Crippen LogP) is 3.30. The molecule has 0 saturated carbocycles. The number of benzene rings is 2. The lowest BCUT2D eigenvalue weighted by atomic mass is 9.97. The molecule has 0 spiro atoms. The largest absolute Gasteiger partial charge is 0.490 e. The molecule has 0 bridgehead atoms. The summed E-state index contributed by atoms with van der Waals surface area (Å²) >= 11 is 0. The first-order valence-corrected chi connectivity index (χ1v) is 6.86. The zero-order valence-corrected chi connectivity index (χ0v) is 11.3. The van der Waals surface area contributed by atoms with E-state index in [2.05, 4.69) is 0 Å².